The number of carbonyl (C=O) groups is 1. The number of nitrogens with one attached hydrogen (secondary N) is 1. The smallest absolute Gasteiger partial charge is 0.310 e. The molecule has 0 aliphatic carbocycles. The van der Waals surface area contributed by atoms with E-state index in [4.69, 9.17) is 9.47 Å². The predicted molar refractivity (Wildman–Crippen MR) is 90.6 cm³/mol. The number of benzene rings is 2. The molecule has 0 spiro atoms. The second-order valence-corrected chi connectivity index (χ2v) is 5.24. The second-order valence-electron chi connectivity index (χ2n) is 5.24. The number of para-hydroxylation sites is 1. The molecule has 0 amide bonds. The number of methoxy groups -OCH3 is 1. The van der Waals surface area contributed by atoms with Crippen LogP contribution in [0.25, 0.3) is 22.2 Å². The standard InChI is InChI=1S/C19H19NO3/c1-3-23-18(21)12-16-15-9-4-5-10-17(15)20-19(16)13-7-6-8-14(11-13)22-2/h4-11,20H,3,12H2,1-2H3. The molecule has 4 nitrogen and oxygen atoms in total. The largest absolute Gasteiger partial charge is 0.497 e. The summed E-state index contributed by atoms with van der Waals surface area (Å²) in [5.74, 6) is 0.560. The van der Waals surface area contributed by atoms with Crippen LogP contribution in [0, 0.1) is 0 Å². The van der Waals surface area contributed by atoms with Gasteiger partial charge in [-0.3, -0.25) is 4.79 Å². The summed E-state index contributed by atoms with van der Waals surface area (Å²) >= 11 is 0. The number of hydrogen-bond donors (Lipinski definition) is 1. The van der Waals surface area contributed by atoms with Gasteiger partial charge in [0.15, 0.2) is 0 Å². The molecule has 0 radical (unpaired) electrons. The maximum Gasteiger partial charge on any atom is 0.310 e. The lowest BCUT2D eigenvalue weighted by molar-refractivity contribution is -0.142. The average Bonchev–Trinajstić information content (AvgIpc) is 2.94. The molecule has 0 aliphatic rings. The van der Waals surface area contributed by atoms with Gasteiger partial charge >= 0.3 is 5.97 Å². The number of hydrogen-bond acceptors (Lipinski definition) is 3. The second kappa shape index (κ2) is 6.57. The monoisotopic (exact) mass is 309 g/mol. The fraction of sp³-hybridized carbons (Fsp3) is 0.211. The molecule has 0 saturated heterocycles. The SMILES string of the molecule is CCOC(=O)Cc1c(-c2cccc(OC)c2)[nH]c2ccccc12. The van der Waals surface area contributed by atoms with E-state index in [9.17, 15) is 4.79 Å². The van der Waals surface area contributed by atoms with Crippen molar-refractivity contribution in [1.29, 1.82) is 0 Å². The van der Waals surface area contributed by atoms with Gasteiger partial charge in [-0.15, -0.1) is 0 Å². The summed E-state index contributed by atoms with van der Waals surface area (Å²) in [7, 11) is 1.64. The first-order valence-electron chi connectivity index (χ1n) is 7.62. The molecule has 0 bridgehead atoms. The number of esters is 1. The molecule has 1 heterocycles. The number of H-pyrrole nitrogens is 1. The third kappa shape index (κ3) is 3.06. The molecule has 3 aromatic rings. The van der Waals surface area contributed by atoms with E-state index < -0.39 is 0 Å². The Kier molecular flexibility index (Phi) is 4.33. The first-order chi connectivity index (χ1) is 11.2. The highest BCUT2D eigenvalue weighted by atomic mass is 16.5. The van der Waals surface area contributed by atoms with Gasteiger partial charge in [0.05, 0.1) is 25.8 Å². The number of aromatic nitrogens is 1. The summed E-state index contributed by atoms with van der Waals surface area (Å²) in [6.45, 7) is 2.20. The molecular weight excluding hydrogens is 290 g/mol. The lowest BCUT2D eigenvalue weighted by Crippen LogP contribution is -2.08. The van der Waals surface area contributed by atoms with Crippen LogP contribution in [0.15, 0.2) is 48.5 Å². The van der Waals surface area contributed by atoms with Crippen molar-refractivity contribution in [3.63, 3.8) is 0 Å². The Morgan fingerprint density at radius 1 is 1.13 bits per heavy atom. The van der Waals surface area contributed by atoms with Crippen molar-refractivity contribution < 1.29 is 14.3 Å². The van der Waals surface area contributed by atoms with E-state index in [0.717, 1.165) is 33.5 Å². The normalized spacial score (nSPS) is 10.7. The van der Waals surface area contributed by atoms with E-state index in [1.165, 1.54) is 0 Å². The molecule has 0 aliphatic heterocycles. The van der Waals surface area contributed by atoms with Crippen molar-refractivity contribution in [3.05, 3.63) is 54.1 Å². The minimum absolute atomic E-state index is 0.221. The van der Waals surface area contributed by atoms with Gasteiger partial charge in [-0.25, -0.2) is 0 Å². The van der Waals surface area contributed by atoms with Crippen molar-refractivity contribution in [1.82, 2.24) is 4.98 Å². The summed E-state index contributed by atoms with van der Waals surface area (Å²) in [6.07, 6.45) is 0.240. The minimum atomic E-state index is -0.221. The van der Waals surface area contributed by atoms with Gasteiger partial charge in [0.1, 0.15) is 5.75 Å². The first-order valence-corrected chi connectivity index (χ1v) is 7.62. The topological polar surface area (TPSA) is 51.3 Å². The minimum Gasteiger partial charge on any atom is -0.497 e. The first kappa shape index (κ1) is 15.2. The third-order valence-electron chi connectivity index (χ3n) is 3.80. The quantitative estimate of drug-likeness (QED) is 0.726. The van der Waals surface area contributed by atoms with Gasteiger partial charge in [0.25, 0.3) is 0 Å². The van der Waals surface area contributed by atoms with E-state index in [2.05, 4.69) is 4.98 Å². The summed E-state index contributed by atoms with van der Waals surface area (Å²) < 4.78 is 10.4. The van der Waals surface area contributed by atoms with Crippen molar-refractivity contribution in [2.24, 2.45) is 0 Å². The summed E-state index contributed by atoms with van der Waals surface area (Å²) in [4.78, 5) is 15.4. The molecule has 0 fully saturated rings. The van der Waals surface area contributed by atoms with E-state index in [0.29, 0.717) is 6.61 Å². The Morgan fingerprint density at radius 3 is 2.74 bits per heavy atom. The van der Waals surface area contributed by atoms with E-state index in [1.807, 2.05) is 55.5 Å². The van der Waals surface area contributed by atoms with Gasteiger partial charge in [-0.05, 0) is 30.7 Å². The Morgan fingerprint density at radius 2 is 1.96 bits per heavy atom. The number of carbonyl (C=O) groups excluding carboxylic acids is 1. The van der Waals surface area contributed by atoms with E-state index in [1.54, 1.807) is 7.11 Å². The Bertz CT molecular complexity index is 836. The van der Waals surface area contributed by atoms with Gasteiger partial charge in [-0.2, -0.15) is 0 Å². The molecule has 0 unspecified atom stereocenters. The van der Waals surface area contributed by atoms with Gasteiger partial charge in [0.2, 0.25) is 0 Å². The number of ether oxygens (including phenoxy) is 2. The molecule has 1 aromatic heterocycles. The van der Waals surface area contributed by atoms with Gasteiger partial charge < -0.3 is 14.5 Å². The zero-order valence-electron chi connectivity index (χ0n) is 13.3. The predicted octanol–water partition coefficient (Wildman–Crippen LogP) is 3.95. The van der Waals surface area contributed by atoms with Crippen molar-refractivity contribution in [2.45, 2.75) is 13.3 Å². The molecule has 118 valence electrons. The molecule has 3 rings (SSSR count). The number of fused-ring (bicyclic) bond motifs is 1. The van der Waals surface area contributed by atoms with E-state index >= 15 is 0 Å². The molecule has 23 heavy (non-hydrogen) atoms. The van der Waals surface area contributed by atoms with Crippen LogP contribution in [-0.2, 0) is 16.0 Å². The maximum atomic E-state index is 12.0. The molecular formula is C19H19NO3. The van der Waals surface area contributed by atoms with Crippen LogP contribution in [0.1, 0.15) is 12.5 Å². The van der Waals surface area contributed by atoms with Crippen molar-refractivity contribution >= 4 is 16.9 Å². The summed E-state index contributed by atoms with van der Waals surface area (Å²) in [5, 5.41) is 1.04. The Labute approximate surface area is 135 Å². The Balaban J connectivity index is 2.13. The molecule has 2 aromatic carbocycles. The lowest BCUT2D eigenvalue weighted by atomic mass is 10.0. The molecule has 4 heteroatoms. The highest BCUT2D eigenvalue weighted by Crippen LogP contribution is 2.32. The van der Waals surface area contributed by atoms with Crippen LogP contribution >= 0.6 is 0 Å². The van der Waals surface area contributed by atoms with E-state index in [-0.39, 0.29) is 12.4 Å². The fourth-order valence-corrected chi connectivity index (χ4v) is 2.77. The van der Waals surface area contributed by atoms with Crippen molar-refractivity contribution in [3.8, 4) is 17.0 Å². The summed E-state index contributed by atoms with van der Waals surface area (Å²) in [5.41, 5.74) is 3.87. The maximum absolute atomic E-state index is 12.0. The van der Waals surface area contributed by atoms with Crippen LogP contribution < -0.4 is 4.74 Å². The highest BCUT2D eigenvalue weighted by Gasteiger charge is 2.17. The lowest BCUT2D eigenvalue weighted by Gasteiger charge is -2.07. The van der Waals surface area contributed by atoms with Crippen LogP contribution in [0.3, 0.4) is 0 Å². The molecule has 1 N–H and O–H groups in total. The average molecular weight is 309 g/mol. The van der Waals surface area contributed by atoms with Crippen LogP contribution in [-0.4, -0.2) is 24.7 Å². The van der Waals surface area contributed by atoms with Crippen LogP contribution in [0.2, 0.25) is 0 Å². The van der Waals surface area contributed by atoms with Gasteiger partial charge in [-0.1, -0.05) is 30.3 Å². The fourth-order valence-electron chi connectivity index (χ4n) is 2.77. The zero-order chi connectivity index (χ0) is 16.2. The van der Waals surface area contributed by atoms with Crippen LogP contribution in [0.5, 0.6) is 5.75 Å². The Hall–Kier alpha value is -2.75. The number of rotatable bonds is 5. The third-order valence-corrected chi connectivity index (χ3v) is 3.80. The van der Waals surface area contributed by atoms with Crippen LogP contribution in [0.4, 0.5) is 0 Å². The van der Waals surface area contributed by atoms with Crippen molar-refractivity contribution in [2.75, 3.05) is 13.7 Å². The zero-order valence-corrected chi connectivity index (χ0v) is 13.3. The van der Waals surface area contributed by atoms with Gasteiger partial charge in [0, 0.05) is 16.5 Å². The summed E-state index contributed by atoms with van der Waals surface area (Å²) in [6, 6.07) is 15.8. The molecule has 0 atom stereocenters. The number of aromatic amines is 1. The highest BCUT2D eigenvalue weighted by molar-refractivity contribution is 5.94. The molecule has 0 saturated carbocycles.